The van der Waals surface area contributed by atoms with Gasteiger partial charge in [-0.05, 0) is 40.6 Å². The fraction of sp³-hybridized carbons (Fsp3) is 0.0588. The monoisotopic (exact) mass is 334 g/mol. The van der Waals surface area contributed by atoms with Crippen LogP contribution in [0, 0.1) is 5.82 Å². The Morgan fingerprint density at radius 2 is 1.64 bits per heavy atom. The summed E-state index contributed by atoms with van der Waals surface area (Å²) in [6.07, 6.45) is 0. The lowest BCUT2D eigenvalue weighted by atomic mass is 10.1. The third-order valence-electron chi connectivity index (χ3n) is 3.44. The summed E-state index contributed by atoms with van der Waals surface area (Å²) in [4.78, 5) is 0.228. The van der Waals surface area contributed by atoms with Crippen molar-refractivity contribution in [3.8, 4) is 0 Å². The van der Waals surface area contributed by atoms with Crippen molar-refractivity contribution in [3.63, 3.8) is 0 Å². The highest BCUT2D eigenvalue weighted by Crippen LogP contribution is 2.25. The van der Waals surface area contributed by atoms with E-state index in [2.05, 4.69) is 0 Å². The molecule has 0 aliphatic carbocycles. The van der Waals surface area contributed by atoms with Gasteiger partial charge in [-0.2, -0.15) is 0 Å². The van der Waals surface area contributed by atoms with Gasteiger partial charge >= 0.3 is 0 Å². The molecule has 0 saturated carbocycles. The highest BCUT2D eigenvalue weighted by Gasteiger charge is 2.17. The second-order valence-electron chi connectivity index (χ2n) is 5.00. The first-order valence-corrected chi connectivity index (χ1v) is 8.64. The Labute approximate surface area is 133 Å². The van der Waals surface area contributed by atoms with Crippen molar-refractivity contribution >= 4 is 32.2 Å². The lowest BCUT2D eigenvalue weighted by molar-refractivity contribution is 0.595. The molecule has 0 aromatic heterocycles. The van der Waals surface area contributed by atoms with Gasteiger partial charge in [0.25, 0.3) is 0 Å². The van der Waals surface area contributed by atoms with Crippen molar-refractivity contribution in [3.05, 3.63) is 77.1 Å². The summed E-state index contributed by atoms with van der Waals surface area (Å²) in [5.74, 6) is -0.748. The van der Waals surface area contributed by atoms with Crippen molar-refractivity contribution in [2.24, 2.45) is 0 Å². The molecular formula is C17H12ClFO2S. The topological polar surface area (TPSA) is 34.1 Å². The predicted molar refractivity (Wildman–Crippen MR) is 86.2 cm³/mol. The summed E-state index contributed by atoms with van der Waals surface area (Å²) < 4.78 is 38.1. The van der Waals surface area contributed by atoms with Gasteiger partial charge in [0, 0.05) is 5.02 Å². The smallest absolute Gasteiger partial charge is 0.182 e. The minimum absolute atomic E-state index is 0.115. The van der Waals surface area contributed by atoms with Crippen LogP contribution in [0.1, 0.15) is 5.56 Å². The second-order valence-corrected chi connectivity index (χ2v) is 7.40. The van der Waals surface area contributed by atoms with Crippen molar-refractivity contribution in [1.29, 1.82) is 0 Å². The van der Waals surface area contributed by atoms with Gasteiger partial charge < -0.3 is 0 Å². The van der Waals surface area contributed by atoms with E-state index in [0.717, 1.165) is 16.8 Å². The van der Waals surface area contributed by atoms with Gasteiger partial charge in [0.15, 0.2) is 9.84 Å². The Morgan fingerprint density at radius 3 is 2.36 bits per heavy atom. The van der Waals surface area contributed by atoms with Crippen LogP contribution in [0.5, 0.6) is 0 Å². The van der Waals surface area contributed by atoms with Crippen molar-refractivity contribution in [1.82, 2.24) is 0 Å². The molecule has 3 aromatic rings. The van der Waals surface area contributed by atoms with E-state index in [0.29, 0.717) is 5.56 Å². The maximum Gasteiger partial charge on any atom is 0.182 e. The van der Waals surface area contributed by atoms with E-state index in [1.807, 2.05) is 24.3 Å². The van der Waals surface area contributed by atoms with E-state index in [4.69, 9.17) is 11.6 Å². The van der Waals surface area contributed by atoms with Crippen LogP contribution < -0.4 is 0 Å². The van der Waals surface area contributed by atoms with E-state index in [1.54, 1.807) is 18.2 Å². The van der Waals surface area contributed by atoms with Crippen molar-refractivity contribution < 1.29 is 12.8 Å². The summed E-state index contributed by atoms with van der Waals surface area (Å²) in [6.45, 7) is 0. The van der Waals surface area contributed by atoms with E-state index >= 15 is 0 Å². The molecule has 0 spiro atoms. The molecule has 112 valence electrons. The maximum absolute atomic E-state index is 13.0. The molecular weight excluding hydrogens is 323 g/mol. The van der Waals surface area contributed by atoms with Crippen LogP contribution >= 0.6 is 11.6 Å². The average Bonchev–Trinajstić information content (AvgIpc) is 2.49. The van der Waals surface area contributed by atoms with Crippen molar-refractivity contribution in [2.45, 2.75) is 10.6 Å². The molecule has 0 amide bonds. The number of rotatable bonds is 3. The maximum atomic E-state index is 13.0. The van der Waals surface area contributed by atoms with Crippen LogP contribution in [0.25, 0.3) is 10.8 Å². The zero-order valence-corrected chi connectivity index (χ0v) is 13.0. The highest BCUT2D eigenvalue weighted by molar-refractivity contribution is 7.90. The predicted octanol–water partition coefficient (Wildman–Crippen LogP) is 4.61. The number of sulfone groups is 1. The summed E-state index contributed by atoms with van der Waals surface area (Å²) in [5.41, 5.74) is 0.385. The first-order chi connectivity index (χ1) is 10.5. The van der Waals surface area contributed by atoms with E-state index in [9.17, 15) is 12.8 Å². The van der Waals surface area contributed by atoms with Gasteiger partial charge in [-0.1, -0.05) is 48.0 Å². The van der Waals surface area contributed by atoms with Crippen LogP contribution in [-0.2, 0) is 15.6 Å². The molecule has 0 fully saturated rings. The normalized spacial score (nSPS) is 11.7. The third kappa shape index (κ3) is 2.98. The summed E-state index contributed by atoms with van der Waals surface area (Å²) in [6, 6.07) is 16.2. The Balaban J connectivity index is 2.00. The van der Waals surface area contributed by atoms with Gasteiger partial charge in [-0.15, -0.1) is 0 Å². The molecule has 2 nitrogen and oxygen atoms in total. The van der Waals surface area contributed by atoms with Crippen LogP contribution in [0.3, 0.4) is 0 Å². The fourth-order valence-corrected chi connectivity index (χ4v) is 4.01. The number of hydrogen-bond acceptors (Lipinski definition) is 2. The Kier molecular flexibility index (Phi) is 3.89. The average molecular weight is 335 g/mol. The van der Waals surface area contributed by atoms with Crippen LogP contribution in [0.2, 0.25) is 5.02 Å². The molecule has 0 bridgehead atoms. The minimum Gasteiger partial charge on any atom is -0.223 e. The zero-order chi connectivity index (χ0) is 15.7. The number of hydrogen-bond donors (Lipinski definition) is 0. The SMILES string of the molecule is O=S(=O)(Cc1ccc(F)cc1Cl)c1ccc2ccccc2c1. The molecule has 5 heteroatoms. The lowest BCUT2D eigenvalue weighted by Gasteiger charge is -2.08. The number of fused-ring (bicyclic) bond motifs is 1. The Morgan fingerprint density at radius 1 is 0.909 bits per heavy atom. The lowest BCUT2D eigenvalue weighted by Crippen LogP contribution is -2.05. The molecule has 0 heterocycles. The standard InChI is InChI=1S/C17H12ClFO2S/c18-17-10-15(19)7-5-14(17)11-22(20,21)16-8-6-12-3-1-2-4-13(12)9-16/h1-10H,11H2. The number of halogens is 2. The van der Waals surface area contributed by atoms with Gasteiger partial charge in [0.05, 0.1) is 10.6 Å². The molecule has 22 heavy (non-hydrogen) atoms. The summed E-state index contributed by atoms with van der Waals surface area (Å²) in [5, 5.41) is 1.94. The Hall–Kier alpha value is -1.91. The van der Waals surface area contributed by atoms with Crippen LogP contribution in [0.15, 0.2) is 65.6 Å². The molecule has 3 rings (SSSR count). The third-order valence-corrected chi connectivity index (χ3v) is 5.46. The number of benzene rings is 3. The zero-order valence-electron chi connectivity index (χ0n) is 11.5. The largest absolute Gasteiger partial charge is 0.223 e. The molecule has 0 atom stereocenters. The summed E-state index contributed by atoms with van der Waals surface area (Å²) in [7, 11) is -3.55. The van der Waals surface area contributed by atoms with E-state index in [-0.39, 0.29) is 15.7 Å². The quantitative estimate of drug-likeness (QED) is 0.701. The molecule has 0 radical (unpaired) electrons. The Bertz CT molecular complexity index is 952. The van der Waals surface area contributed by atoms with Gasteiger partial charge in [-0.25, -0.2) is 12.8 Å². The molecule has 0 aliphatic heterocycles. The van der Waals surface area contributed by atoms with E-state index in [1.165, 1.54) is 12.1 Å². The van der Waals surface area contributed by atoms with Gasteiger partial charge in [0.1, 0.15) is 5.82 Å². The van der Waals surface area contributed by atoms with Gasteiger partial charge in [0.2, 0.25) is 0 Å². The molecule has 0 unspecified atom stereocenters. The van der Waals surface area contributed by atoms with Crippen LogP contribution in [-0.4, -0.2) is 8.42 Å². The highest BCUT2D eigenvalue weighted by atomic mass is 35.5. The fourth-order valence-electron chi connectivity index (χ4n) is 2.29. The van der Waals surface area contributed by atoms with Crippen LogP contribution in [0.4, 0.5) is 4.39 Å². The van der Waals surface area contributed by atoms with E-state index < -0.39 is 15.7 Å². The summed E-state index contributed by atoms with van der Waals surface area (Å²) >= 11 is 5.91. The van der Waals surface area contributed by atoms with Gasteiger partial charge in [-0.3, -0.25) is 0 Å². The molecule has 0 N–H and O–H groups in total. The molecule has 0 saturated heterocycles. The molecule has 3 aromatic carbocycles. The minimum atomic E-state index is -3.55. The van der Waals surface area contributed by atoms with Crippen molar-refractivity contribution in [2.75, 3.05) is 0 Å². The first-order valence-electron chi connectivity index (χ1n) is 6.61. The second kappa shape index (κ2) is 5.71. The molecule has 0 aliphatic rings. The first kappa shape index (κ1) is 15.0.